The number of aromatic nitrogens is 2. The fourth-order valence-corrected chi connectivity index (χ4v) is 0.946. The van der Waals surface area contributed by atoms with Crippen LogP contribution in [0.4, 0.5) is 6.01 Å². The maximum atomic E-state index is 10.5. The van der Waals surface area contributed by atoms with Gasteiger partial charge in [0.2, 0.25) is 0 Å². The molecule has 0 amide bonds. The third kappa shape index (κ3) is 2.93. The van der Waals surface area contributed by atoms with Crippen molar-refractivity contribution in [1.29, 1.82) is 0 Å². The Morgan fingerprint density at radius 3 is 2.53 bits per heavy atom. The first-order valence-corrected chi connectivity index (χ1v) is 4.58. The van der Waals surface area contributed by atoms with Crippen LogP contribution in [-0.2, 0) is 10.2 Å². The van der Waals surface area contributed by atoms with Crippen LogP contribution >= 0.6 is 0 Å². The molecule has 6 heteroatoms. The zero-order valence-electron chi connectivity index (χ0n) is 9.31. The van der Waals surface area contributed by atoms with Gasteiger partial charge in [0.1, 0.15) is 6.54 Å². The second kappa shape index (κ2) is 3.88. The van der Waals surface area contributed by atoms with Crippen LogP contribution in [0, 0.1) is 0 Å². The van der Waals surface area contributed by atoms with Gasteiger partial charge in [-0.3, -0.25) is 4.79 Å². The third-order valence-electron chi connectivity index (χ3n) is 1.79. The number of nitrogens with zero attached hydrogens (tertiary/aromatic N) is 3. The van der Waals surface area contributed by atoms with E-state index in [1.807, 2.05) is 20.8 Å². The summed E-state index contributed by atoms with van der Waals surface area (Å²) in [5.74, 6) is -0.372. The monoisotopic (exact) mass is 213 g/mol. The van der Waals surface area contributed by atoms with Crippen molar-refractivity contribution in [3.8, 4) is 0 Å². The lowest BCUT2D eigenvalue weighted by Crippen LogP contribution is -2.25. The van der Waals surface area contributed by atoms with Gasteiger partial charge in [0.25, 0.3) is 0 Å². The van der Waals surface area contributed by atoms with Crippen LogP contribution in [0.2, 0.25) is 0 Å². The molecule has 84 valence electrons. The molecular formula is C9H15N3O3. The van der Waals surface area contributed by atoms with Gasteiger partial charge < -0.3 is 14.5 Å². The predicted octanol–water partition coefficient (Wildman–Crippen LogP) is 0.888. The average molecular weight is 213 g/mol. The molecule has 0 spiro atoms. The van der Waals surface area contributed by atoms with Gasteiger partial charge in [0, 0.05) is 12.5 Å². The highest BCUT2D eigenvalue weighted by Crippen LogP contribution is 2.21. The molecule has 1 rings (SSSR count). The van der Waals surface area contributed by atoms with E-state index in [-0.39, 0.29) is 18.0 Å². The summed E-state index contributed by atoms with van der Waals surface area (Å²) >= 11 is 0. The SMILES string of the molecule is CN(CC(=O)O)c1nc(C(C)(C)C)no1. The summed E-state index contributed by atoms with van der Waals surface area (Å²) in [5.41, 5.74) is -0.203. The van der Waals surface area contributed by atoms with Crippen LogP contribution in [0.15, 0.2) is 4.52 Å². The molecule has 6 nitrogen and oxygen atoms in total. The van der Waals surface area contributed by atoms with E-state index < -0.39 is 5.97 Å². The smallest absolute Gasteiger partial charge is 0.324 e. The molecule has 0 saturated heterocycles. The summed E-state index contributed by atoms with van der Waals surface area (Å²) < 4.78 is 4.96. The molecule has 1 aromatic heterocycles. The molecule has 0 aliphatic rings. The Hall–Kier alpha value is -1.59. The second-order valence-corrected chi connectivity index (χ2v) is 4.40. The second-order valence-electron chi connectivity index (χ2n) is 4.40. The number of carboxylic acids is 1. The van der Waals surface area contributed by atoms with E-state index in [1.54, 1.807) is 7.05 Å². The predicted molar refractivity (Wildman–Crippen MR) is 53.9 cm³/mol. The summed E-state index contributed by atoms with van der Waals surface area (Å²) in [6.45, 7) is 5.71. The van der Waals surface area contributed by atoms with E-state index in [9.17, 15) is 4.79 Å². The van der Waals surface area contributed by atoms with Gasteiger partial charge in [-0.2, -0.15) is 4.98 Å². The van der Waals surface area contributed by atoms with E-state index in [2.05, 4.69) is 10.1 Å². The standard InChI is InChI=1S/C9H15N3O3/c1-9(2,3)7-10-8(15-11-7)12(4)5-6(13)14/h5H2,1-4H3,(H,13,14). The molecule has 0 fully saturated rings. The Labute approximate surface area is 87.9 Å². The number of likely N-dealkylation sites (N-methyl/N-ethyl adjacent to an activating group) is 1. The molecule has 0 aromatic carbocycles. The molecule has 0 radical (unpaired) electrons. The molecule has 0 atom stereocenters. The minimum absolute atomic E-state index is 0.161. The van der Waals surface area contributed by atoms with E-state index in [1.165, 1.54) is 4.90 Å². The summed E-state index contributed by atoms with van der Waals surface area (Å²) in [6, 6.07) is 0.224. The lowest BCUT2D eigenvalue weighted by Gasteiger charge is -2.12. The summed E-state index contributed by atoms with van der Waals surface area (Å²) in [7, 11) is 1.59. The first-order chi connectivity index (χ1) is 6.80. The molecule has 1 N–H and O–H groups in total. The first kappa shape index (κ1) is 11.5. The van der Waals surface area contributed by atoms with Gasteiger partial charge in [0.15, 0.2) is 5.82 Å². The quantitative estimate of drug-likeness (QED) is 0.803. The Morgan fingerprint density at radius 1 is 1.53 bits per heavy atom. The molecule has 0 saturated carbocycles. The van der Waals surface area contributed by atoms with Crippen molar-refractivity contribution in [2.24, 2.45) is 0 Å². The van der Waals surface area contributed by atoms with Crippen molar-refractivity contribution in [3.63, 3.8) is 0 Å². The largest absolute Gasteiger partial charge is 0.480 e. The Morgan fingerprint density at radius 2 is 2.13 bits per heavy atom. The van der Waals surface area contributed by atoms with Crippen LogP contribution in [0.1, 0.15) is 26.6 Å². The first-order valence-electron chi connectivity index (χ1n) is 4.58. The highest BCUT2D eigenvalue weighted by atomic mass is 16.5. The molecule has 1 aromatic rings. The molecule has 0 bridgehead atoms. The van der Waals surface area contributed by atoms with Crippen molar-refractivity contribution < 1.29 is 14.4 Å². The summed E-state index contributed by atoms with van der Waals surface area (Å²) in [4.78, 5) is 16.0. The topological polar surface area (TPSA) is 79.5 Å². The van der Waals surface area contributed by atoms with Gasteiger partial charge in [-0.25, -0.2) is 0 Å². The molecule has 1 heterocycles. The van der Waals surface area contributed by atoms with Crippen molar-refractivity contribution in [3.05, 3.63) is 5.82 Å². The van der Waals surface area contributed by atoms with E-state index in [0.29, 0.717) is 5.82 Å². The zero-order chi connectivity index (χ0) is 11.6. The van der Waals surface area contributed by atoms with Gasteiger partial charge in [0.05, 0.1) is 0 Å². The fourth-order valence-electron chi connectivity index (χ4n) is 0.946. The van der Waals surface area contributed by atoms with Crippen LogP contribution < -0.4 is 4.90 Å². The Balaban J connectivity index is 2.80. The zero-order valence-corrected chi connectivity index (χ0v) is 9.31. The molecule has 0 unspecified atom stereocenters. The van der Waals surface area contributed by atoms with Crippen LogP contribution in [-0.4, -0.2) is 34.8 Å². The Bertz CT molecular complexity index is 354. The Kier molecular flexibility index (Phi) is 2.97. The van der Waals surface area contributed by atoms with E-state index >= 15 is 0 Å². The van der Waals surface area contributed by atoms with Gasteiger partial charge in [-0.1, -0.05) is 25.9 Å². The highest BCUT2D eigenvalue weighted by Gasteiger charge is 2.22. The normalized spacial score (nSPS) is 11.5. The van der Waals surface area contributed by atoms with Crippen molar-refractivity contribution in [2.45, 2.75) is 26.2 Å². The lowest BCUT2D eigenvalue weighted by molar-refractivity contribution is -0.135. The lowest BCUT2D eigenvalue weighted by atomic mass is 9.96. The summed E-state index contributed by atoms with van der Waals surface area (Å²) in [6.07, 6.45) is 0. The molecule has 0 aliphatic carbocycles. The number of carbonyl (C=O) groups is 1. The van der Waals surface area contributed by atoms with Crippen molar-refractivity contribution in [2.75, 3.05) is 18.5 Å². The molecule has 15 heavy (non-hydrogen) atoms. The van der Waals surface area contributed by atoms with Crippen LogP contribution in [0.25, 0.3) is 0 Å². The van der Waals surface area contributed by atoms with Gasteiger partial charge in [-0.15, -0.1) is 0 Å². The molecular weight excluding hydrogens is 198 g/mol. The van der Waals surface area contributed by atoms with Crippen molar-refractivity contribution >= 4 is 12.0 Å². The number of carboxylic acid groups (broad SMARTS) is 1. The van der Waals surface area contributed by atoms with E-state index in [4.69, 9.17) is 9.63 Å². The number of aliphatic carboxylic acids is 1. The number of hydrogen-bond acceptors (Lipinski definition) is 5. The van der Waals surface area contributed by atoms with Crippen molar-refractivity contribution in [1.82, 2.24) is 10.1 Å². The fraction of sp³-hybridized carbons (Fsp3) is 0.667. The minimum Gasteiger partial charge on any atom is -0.480 e. The maximum Gasteiger partial charge on any atom is 0.324 e. The average Bonchev–Trinajstić information content (AvgIpc) is 2.48. The minimum atomic E-state index is -0.937. The molecule has 0 aliphatic heterocycles. The van der Waals surface area contributed by atoms with Gasteiger partial charge in [-0.05, 0) is 0 Å². The van der Waals surface area contributed by atoms with Crippen LogP contribution in [0.3, 0.4) is 0 Å². The number of hydrogen-bond donors (Lipinski definition) is 1. The van der Waals surface area contributed by atoms with Gasteiger partial charge >= 0.3 is 12.0 Å². The highest BCUT2D eigenvalue weighted by molar-refractivity contribution is 5.72. The van der Waals surface area contributed by atoms with Crippen LogP contribution in [0.5, 0.6) is 0 Å². The third-order valence-corrected chi connectivity index (χ3v) is 1.79. The van der Waals surface area contributed by atoms with E-state index in [0.717, 1.165) is 0 Å². The maximum absolute atomic E-state index is 10.5. The number of anilines is 1. The summed E-state index contributed by atoms with van der Waals surface area (Å²) in [5, 5.41) is 12.4. The number of rotatable bonds is 3.